The quantitative estimate of drug-likeness (QED) is 0.490. The number of rotatable bonds is 7. The number of carbonyl (C=O) groups excluding carboxylic acids is 1. The van der Waals surface area contributed by atoms with Crippen molar-refractivity contribution in [1.82, 2.24) is 14.7 Å². The van der Waals surface area contributed by atoms with E-state index < -0.39 is 15.8 Å². The lowest BCUT2D eigenvalue weighted by atomic mass is 10.2. The van der Waals surface area contributed by atoms with Gasteiger partial charge < -0.3 is 15.4 Å². The summed E-state index contributed by atoms with van der Waals surface area (Å²) in [6.07, 6.45) is 0.987. The Morgan fingerprint density at radius 1 is 1.28 bits per heavy atom. The fraction of sp³-hybridized carbons (Fsp3) is 0.158. The number of ether oxygens (including phenoxy) is 1. The summed E-state index contributed by atoms with van der Waals surface area (Å²) < 4.78 is 19.6. The predicted molar refractivity (Wildman–Crippen MR) is 118 cm³/mol. The standard InChI is InChI=1S/C19H21N5O3S2/c1-4-27-19(25)24-29(3,26)14-9-7-13(8-10-14)22-18-21-12-15(17(20-2)23-18)16-6-5-11-28-16/h5-12H,3-4H2,1-2H3,(H,24,25,26)(H2,20,21,22,23). The molecule has 2 aromatic heterocycles. The van der Waals surface area contributed by atoms with Gasteiger partial charge in [-0.15, -0.1) is 11.3 Å². The average molecular weight is 432 g/mol. The summed E-state index contributed by atoms with van der Waals surface area (Å²) >= 11 is 1.61. The van der Waals surface area contributed by atoms with Crippen LogP contribution in [0.3, 0.4) is 0 Å². The molecule has 1 amide bonds. The summed E-state index contributed by atoms with van der Waals surface area (Å²) in [5, 5.41) is 8.19. The highest BCUT2D eigenvalue weighted by atomic mass is 32.2. The second-order valence-corrected chi connectivity index (χ2v) is 8.80. The van der Waals surface area contributed by atoms with Crippen LogP contribution in [0, 0.1) is 0 Å². The van der Waals surface area contributed by atoms with Gasteiger partial charge in [0, 0.05) is 28.7 Å². The lowest BCUT2D eigenvalue weighted by molar-refractivity contribution is 0.159. The highest BCUT2D eigenvalue weighted by molar-refractivity contribution is 7.99. The van der Waals surface area contributed by atoms with Crippen LogP contribution >= 0.6 is 11.3 Å². The number of nitrogens with zero attached hydrogens (tertiary/aromatic N) is 2. The van der Waals surface area contributed by atoms with Crippen LogP contribution in [-0.2, 0) is 14.4 Å². The van der Waals surface area contributed by atoms with Gasteiger partial charge in [-0.1, -0.05) is 6.07 Å². The summed E-state index contributed by atoms with van der Waals surface area (Å²) in [6, 6.07) is 10.6. The third-order valence-electron chi connectivity index (χ3n) is 3.83. The number of hydrogen-bond donors (Lipinski definition) is 3. The molecule has 0 bridgehead atoms. The zero-order valence-corrected chi connectivity index (χ0v) is 17.6. The van der Waals surface area contributed by atoms with E-state index in [0.29, 0.717) is 22.3 Å². The average Bonchev–Trinajstić information content (AvgIpc) is 3.22. The van der Waals surface area contributed by atoms with E-state index in [1.807, 2.05) is 17.5 Å². The SMILES string of the molecule is C=S(=O)(NC(=O)OCC)c1ccc(Nc2ncc(-c3cccs3)c(NC)n2)cc1. The Morgan fingerprint density at radius 3 is 2.66 bits per heavy atom. The van der Waals surface area contributed by atoms with Crippen LogP contribution in [0.2, 0.25) is 0 Å². The van der Waals surface area contributed by atoms with E-state index in [-0.39, 0.29) is 6.61 Å². The molecule has 0 spiro atoms. The van der Waals surface area contributed by atoms with Gasteiger partial charge in [-0.2, -0.15) is 4.98 Å². The predicted octanol–water partition coefficient (Wildman–Crippen LogP) is 3.73. The summed E-state index contributed by atoms with van der Waals surface area (Å²) in [6.45, 7) is 1.85. The van der Waals surface area contributed by atoms with Gasteiger partial charge in [0.2, 0.25) is 5.95 Å². The molecule has 0 aliphatic heterocycles. The normalized spacial score (nSPS) is 12.6. The molecule has 152 valence electrons. The maximum absolute atomic E-state index is 12.6. The van der Waals surface area contributed by atoms with E-state index in [9.17, 15) is 9.00 Å². The number of benzene rings is 1. The summed E-state index contributed by atoms with van der Waals surface area (Å²) in [5.41, 5.74) is 1.62. The van der Waals surface area contributed by atoms with Crippen LogP contribution in [0.25, 0.3) is 10.4 Å². The van der Waals surface area contributed by atoms with E-state index >= 15 is 0 Å². The Morgan fingerprint density at radius 2 is 2.03 bits per heavy atom. The molecule has 0 aliphatic rings. The van der Waals surface area contributed by atoms with Crippen molar-refractivity contribution in [3.63, 3.8) is 0 Å². The molecule has 0 saturated heterocycles. The minimum Gasteiger partial charge on any atom is -0.449 e. The minimum absolute atomic E-state index is 0.185. The van der Waals surface area contributed by atoms with E-state index in [0.717, 1.165) is 10.4 Å². The first-order valence-corrected chi connectivity index (χ1v) is 11.3. The Kier molecular flexibility index (Phi) is 6.35. The third kappa shape index (κ3) is 5.04. The van der Waals surface area contributed by atoms with Crippen molar-refractivity contribution in [2.24, 2.45) is 0 Å². The smallest absolute Gasteiger partial charge is 0.418 e. The van der Waals surface area contributed by atoms with Gasteiger partial charge in [0.15, 0.2) is 0 Å². The molecule has 0 radical (unpaired) electrons. The number of amides is 1. The van der Waals surface area contributed by atoms with E-state index in [1.54, 1.807) is 55.8 Å². The van der Waals surface area contributed by atoms with E-state index in [2.05, 4.69) is 31.2 Å². The van der Waals surface area contributed by atoms with Crippen molar-refractivity contribution < 1.29 is 13.7 Å². The maximum atomic E-state index is 12.6. The molecule has 1 aromatic carbocycles. The van der Waals surface area contributed by atoms with Crippen molar-refractivity contribution in [2.45, 2.75) is 11.8 Å². The van der Waals surface area contributed by atoms with Crippen molar-refractivity contribution >= 4 is 50.5 Å². The molecule has 10 heteroatoms. The van der Waals surface area contributed by atoms with Crippen molar-refractivity contribution in [3.05, 3.63) is 48.0 Å². The van der Waals surface area contributed by atoms with Crippen molar-refractivity contribution in [3.8, 4) is 10.4 Å². The van der Waals surface area contributed by atoms with Gasteiger partial charge in [-0.05, 0) is 48.5 Å². The van der Waals surface area contributed by atoms with Gasteiger partial charge in [-0.3, -0.25) is 0 Å². The van der Waals surface area contributed by atoms with E-state index in [1.165, 1.54) is 0 Å². The second kappa shape index (κ2) is 8.93. The Labute approximate surface area is 173 Å². The molecule has 8 nitrogen and oxygen atoms in total. The molecular formula is C19H21N5O3S2. The monoisotopic (exact) mass is 431 g/mol. The molecule has 1 unspecified atom stereocenters. The number of aromatic nitrogens is 2. The lowest BCUT2D eigenvalue weighted by Crippen LogP contribution is -2.30. The second-order valence-electron chi connectivity index (χ2n) is 5.83. The van der Waals surface area contributed by atoms with Gasteiger partial charge in [0.05, 0.1) is 21.9 Å². The molecule has 0 fully saturated rings. The van der Waals surface area contributed by atoms with E-state index in [4.69, 9.17) is 4.74 Å². The van der Waals surface area contributed by atoms with Crippen LogP contribution < -0.4 is 15.4 Å². The van der Waals surface area contributed by atoms with Crippen LogP contribution in [0.4, 0.5) is 22.2 Å². The van der Waals surface area contributed by atoms with Gasteiger partial charge >= 0.3 is 6.09 Å². The zero-order valence-electron chi connectivity index (χ0n) is 16.0. The molecule has 0 saturated carbocycles. The Balaban J connectivity index is 1.75. The zero-order chi connectivity index (χ0) is 20.9. The number of hydrogen-bond acceptors (Lipinski definition) is 8. The fourth-order valence-electron chi connectivity index (χ4n) is 2.49. The largest absolute Gasteiger partial charge is 0.449 e. The molecule has 3 rings (SSSR count). The number of carbonyl (C=O) groups is 1. The first-order valence-electron chi connectivity index (χ1n) is 8.70. The minimum atomic E-state index is -3.01. The fourth-order valence-corrected chi connectivity index (χ4v) is 4.24. The highest BCUT2D eigenvalue weighted by Gasteiger charge is 2.13. The van der Waals surface area contributed by atoms with Gasteiger partial charge in [-0.25, -0.2) is 18.7 Å². The summed E-state index contributed by atoms with van der Waals surface area (Å²) in [5.74, 6) is 4.72. The number of nitrogens with one attached hydrogen (secondary N) is 3. The highest BCUT2D eigenvalue weighted by Crippen LogP contribution is 2.30. The maximum Gasteiger partial charge on any atom is 0.418 e. The molecule has 3 aromatic rings. The molecular weight excluding hydrogens is 410 g/mol. The number of anilines is 3. The van der Waals surface area contributed by atoms with Gasteiger partial charge in [0.1, 0.15) is 5.82 Å². The molecule has 0 aliphatic carbocycles. The topological polar surface area (TPSA) is 105 Å². The molecule has 1 atom stereocenters. The van der Waals surface area contributed by atoms with Crippen molar-refractivity contribution in [2.75, 3.05) is 24.3 Å². The molecule has 3 N–H and O–H groups in total. The lowest BCUT2D eigenvalue weighted by Gasteiger charge is -2.13. The van der Waals surface area contributed by atoms with Crippen LogP contribution in [-0.4, -0.2) is 39.8 Å². The molecule has 2 heterocycles. The Bertz CT molecular complexity index is 1080. The first kappa shape index (κ1) is 20.6. The van der Waals surface area contributed by atoms with Crippen LogP contribution in [0.15, 0.2) is 52.9 Å². The van der Waals surface area contributed by atoms with Crippen LogP contribution in [0.5, 0.6) is 0 Å². The summed E-state index contributed by atoms with van der Waals surface area (Å²) in [4.78, 5) is 21.9. The first-order chi connectivity index (χ1) is 13.9. The Hall–Kier alpha value is -3.11. The number of thiophene rings is 1. The van der Waals surface area contributed by atoms with Crippen LogP contribution in [0.1, 0.15) is 6.92 Å². The van der Waals surface area contributed by atoms with Crippen molar-refractivity contribution in [1.29, 1.82) is 0 Å². The van der Waals surface area contributed by atoms with Gasteiger partial charge in [0.25, 0.3) is 0 Å². The third-order valence-corrected chi connectivity index (χ3v) is 6.26. The summed E-state index contributed by atoms with van der Waals surface area (Å²) in [7, 11) is -1.20. The molecule has 29 heavy (non-hydrogen) atoms.